The van der Waals surface area contributed by atoms with Gasteiger partial charge in [-0.1, -0.05) is 38.1 Å². The average Bonchev–Trinajstić information content (AvgIpc) is 2.48. The summed E-state index contributed by atoms with van der Waals surface area (Å²) in [5.41, 5.74) is 2.39. The van der Waals surface area contributed by atoms with Crippen molar-refractivity contribution in [3.8, 4) is 11.5 Å². The van der Waals surface area contributed by atoms with E-state index >= 15 is 0 Å². The normalized spacial score (nSPS) is 10.9. The van der Waals surface area contributed by atoms with Crippen LogP contribution in [0, 0.1) is 6.92 Å². The molecule has 0 spiro atoms. The highest BCUT2D eigenvalue weighted by Crippen LogP contribution is 2.33. The molecule has 0 heterocycles. The Balaban J connectivity index is 2.20. The van der Waals surface area contributed by atoms with E-state index in [0.29, 0.717) is 6.04 Å². The second kappa shape index (κ2) is 7.53. The molecule has 0 amide bonds. The summed E-state index contributed by atoms with van der Waals surface area (Å²) >= 11 is 1.70. The number of hydrogen-bond donors (Lipinski definition) is 1. The zero-order valence-electron chi connectivity index (χ0n) is 13.1. The molecule has 0 fully saturated rings. The van der Waals surface area contributed by atoms with Crippen molar-refractivity contribution in [2.75, 3.05) is 6.26 Å². The molecule has 2 rings (SSSR count). The predicted octanol–water partition coefficient (Wildman–Crippen LogP) is 5.01. The lowest BCUT2D eigenvalue weighted by Gasteiger charge is -2.14. The number of thioether (sulfide) groups is 1. The first-order valence-corrected chi connectivity index (χ1v) is 8.46. The lowest BCUT2D eigenvalue weighted by atomic mass is 10.1. The molecule has 0 bridgehead atoms. The molecule has 0 saturated carbocycles. The van der Waals surface area contributed by atoms with Gasteiger partial charge < -0.3 is 10.1 Å². The summed E-state index contributed by atoms with van der Waals surface area (Å²) in [6.07, 6.45) is 2.07. The Bertz CT molecular complexity index is 596. The van der Waals surface area contributed by atoms with E-state index in [9.17, 15) is 0 Å². The van der Waals surface area contributed by atoms with Crippen molar-refractivity contribution in [1.29, 1.82) is 0 Å². The molecular weight excluding hydrogens is 278 g/mol. The molecular formula is C18H23NOS. The van der Waals surface area contributed by atoms with Crippen molar-refractivity contribution in [3.05, 3.63) is 53.6 Å². The summed E-state index contributed by atoms with van der Waals surface area (Å²) in [5, 5.41) is 3.44. The lowest BCUT2D eigenvalue weighted by molar-refractivity contribution is 0.466. The van der Waals surface area contributed by atoms with Gasteiger partial charge in [-0.05, 0) is 42.5 Å². The largest absolute Gasteiger partial charge is 0.456 e. The minimum absolute atomic E-state index is 0.480. The molecule has 0 saturated heterocycles. The molecule has 0 unspecified atom stereocenters. The average molecular weight is 301 g/mol. The second-order valence-electron chi connectivity index (χ2n) is 5.39. The highest BCUT2D eigenvalue weighted by Gasteiger charge is 2.07. The van der Waals surface area contributed by atoms with Crippen LogP contribution < -0.4 is 10.1 Å². The number of ether oxygens (including phenoxy) is 1. The van der Waals surface area contributed by atoms with Gasteiger partial charge >= 0.3 is 0 Å². The molecule has 21 heavy (non-hydrogen) atoms. The summed E-state index contributed by atoms with van der Waals surface area (Å²) in [7, 11) is 0. The zero-order chi connectivity index (χ0) is 15.2. The van der Waals surface area contributed by atoms with Gasteiger partial charge in [0.25, 0.3) is 0 Å². The minimum Gasteiger partial charge on any atom is -0.456 e. The Morgan fingerprint density at radius 1 is 1.10 bits per heavy atom. The third-order valence-electron chi connectivity index (χ3n) is 3.26. The maximum atomic E-state index is 6.13. The van der Waals surface area contributed by atoms with E-state index in [0.717, 1.165) is 28.5 Å². The number of nitrogens with one attached hydrogen (secondary N) is 1. The molecule has 0 aliphatic rings. The Morgan fingerprint density at radius 3 is 2.57 bits per heavy atom. The van der Waals surface area contributed by atoms with Crippen LogP contribution in [-0.2, 0) is 6.54 Å². The molecule has 0 aliphatic carbocycles. The van der Waals surface area contributed by atoms with E-state index in [1.54, 1.807) is 11.8 Å². The quantitative estimate of drug-likeness (QED) is 0.758. The third-order valence-corrected chi connectivity index (χ3v) is 4.03. The maximum Gasteiger partial charge on any atom is 0.140 e. The van der Waals surface area contributed by atoms with Gasteiger partial charge in [-0.3, -0.25) is 0 Å². The van der Waals surface area contributed by atoms with Gasteiger partial charge in [0.1, 0.15) is 11.5 Å². The smallest absolute Gasteiger partial charge is 0.140 e. The molecule has 1 N–H and O–H groups in total. The number of hydrogen-bond acceptors (Lipinski definition) is 3. The highest BCUT2D eigenvalue weighted by atomic mass is 32.2. The molecule has 2 nitrogen and oxygen atoms in total. The molecule has 0 aliphatic heterocycles. The van der Waals surface area contributed by atoms with E-state index in [1.807, 2.05) is 18.2 Å². The van der Waals surface area contributed by atoms with Gasteiger partial charge in [0, 0.05) is 17.5 Å². The summed E-state index contributed by atoms with van der Waals surface area (Å²) < 4.78 is 6.13. The molecule has 0 radical (unpaired) electrons. The summed E-state index contributed by atoms with van der Waals surface area (Å²) in [5.74, 6) is 1.85. The Hall–Kier alpha value is -1.45. The van der Waals surface area contributed by atoms with Gasteiger partial charge in [-0.2, -0.15) is 0 Å². The van der Waals surface area contributed by atoms with E-state index in [2.05, 4.69) is 56.6 Å². The Kier molecular flexibility index (Phi) is 5.71. The van der Waals surface area contributed by atoms with Crippen LogP contribution in [0.15, 0.2) is 47.4 Å². The number of rotatable bonds is 6. The monoisotopic (exact) mass is 301 g/mol. The second-order valence-corrected chi connectivity index (χ2v) is 6.24. The molecule has 0 atom stereocenters. The van der Waals surface area contributed by atoms with Gasteiger partial charge in [-0.15, -0.1) is 11.8 Å². The summed E-state index contributed by atoms with van der Waals surface area (Å²) in [6.45, 7) is 7.25. The number of para-hydroxylation sites is 1. The van der Waals surface area contributed by atoms with Crippen molar-refractivity contribution >= 4 is 11.8 Å². The Morgan fingerprint density at radius 2 is 1.86 bits per heavy atom. The van der Waals surface area contributed by atoms with Crippen LogP contribution in [0.25, 0.3) is 0 Å². The topological polar surface area (TPSA) is 21.3 Å². The van der Waals surface area contributed by atoms with Crippen LogP contribution in [0.4, 0.5) is 0 Å². The van der Waals surface area contributed by atoms with Gasteiger partial charge in [0.2, 0.25) is 0 Å². The molecule has 3 heteroatoms. The van der Waals surface area contributed by atoms with Gasteiger partial charge in [-0.25, -0.2) is 0 Å². The van der Waals surface area contributed by atoms with Crippen LogP contribution in [0.5, 0.6) is 11.5 Å². The van der Waals surface area contributed by atoms with E-state index in [4.69, 9.17) is 4.74 Å². The van der Waals surface area contributed by atoms with Crippen LogP contribution >= 0.6 is 11.8 Å². The van der Waals surface area contributed by atoms with Crippen molar-refractivity contribution in [1.82, 2.24) is 5.32 Å². The van der Waals surface area contributed by atoms with Crippen molar-refractivity contribution in [3.63, 3.8) is 0 Å². The number of benzene rings is 2. The fourth-order valence-electron chi connectivity index (χ4n) is 2.01. The standard InChI is InChI=1S/C18H23NOS/c1-13(2)19-12-15-10-9-14(3)17(11-15)20-16-7-5-6-8-18(16)21-4/h5-11,13,19H,12H2,1-4H3. The Labute approximate surface area is 131 Å². The molecule has 2 aromatic rings. The van der Waals surface area contributed by atoms with Crippen molar-refractivity contribution in [2.45, 2.75) is 38.3 Å². The van der Waals surface area contributed by atoms with Gasteiger partial charge in [0.05, 0.1) is 0 Å². The van der Waals surface area contributed by atoms with Crippen molar-refractivity contribution in [2.24, 2.45) is 0 Å². The SMILES string of the molecule is CSc1ccccc1Oc1cc(CNC(C)C)ccc1C. The number of aryl methyl sites for hydroxylation is 1. The van der Waals surface area contributed by atoms with Crippen LogP contribution in [-0.4, -0.2) is 12.3 Å². The van der Waals surface area contributed by atoms with Crippen LogP contribution in [0.3, 0.4) is 0 Å². The fourth-order valence-corrected chi connectivity index (χ4v) is 2.53. The first-order chi connectivity index (χ1) is 10.1. The highest BCUT2D eigenvalue weighted by molar-refractivity contribution is 7.98. The lowest BCUT2D eigenvalue weighted by Crippen LogP contribution is -2.21. The fraction of sp³-hybridized carbons (Fsp3) is 0.333. The van der Waals surface area contributed by atoms with Crippen LogP contribution in [0.1, 0.15) is 25.0 Å². The first-order valence-electron chi connectivity index (χ1n) is 7.24. The van der Waals surface area contributed by atoms with Crippen molar-refractivity contribution < 1.29 is 4.74 Å². The molecule has 112 valence electrons. The molecule has 2 aromatic carbocycles. The third kappa shape index (κ3) is 4.51. The summed E-state index contributed by atoms with van der Waals surface area (Å²) in [4.78, 5) is 1.16. The van der Waals surface area contributed by atoms with Gasteiger partial charge in [0.15, 0.2) is 0 Å². The predicted molar refractivity (Wildman–Crippen MR) is 91.5 cm³/mol. The van der Waals surface area contributed by atoms with E-state index in [1.165, 1.54) is 5.56 Å². The molecule has 0 aromatic heterocycles. The minimum atomic E-state index is 0.480. The zero-order valence-corrected chi connectivity index (χ0v) is 14.0. The van der Waals surface area contributed by atoms with E-state index in [-0.39, 0.29) is 0 Å². The van der Waals surface area contributed by atoms with Crippen LogP contribution in [0.2, 0.25) is 0 Å². The first kappa shape index (κ1) is 15.9. The van der Waals surface area contributed by atoms with E-state index < -0.39 is 0 Å². The summed E-state index contributed by atoms with van der Waals surface area (Å²) in [6, 6.07) is 15.0. The maximum absolute atomic E-state index is 6.13.